The fraction of sp³-hybridized carbons (Fsp3) is 0.429. The molecule has 1 fully saturated rings. The molecule has 0 saturated heterocycles. The van der Waals surface area contributed by atoms with Gasteiger partial charge in [-0.2, -0.15) is 0 Å². The smallest absolute Gasteiger partial charge is 0.336 e. The molecule has 0 atom stereocenters. The molecule has 5 heteroatoms. The lowest BCUT2D eigenvalue weighted by molar-refractivity contribution is 0.0690. The van der Waals surface area contributed by atoms with Crippen LogP contribution in [0.25, 0.3) is 0 Å². The summed E-state index contributed by atoms with van der Waals surface area (Å²) < 4.78 is 5.12. The van der Waals surface area contributed by atoms with E-state index in [0.29, 0.717) is 13.2 Å². The second-order valence-electron chi connectivity index (χ2n) is 4.97. The third kappa shape index (κ3) is 3.12. The van der Waals surface area contributed by atoms with Crippen molar-refractivity contribution in [2.75, 3.05) is 20.3 Å². The average Bonchev–Trinajstić information content (AvgIpc) is 3.17. The molecule has 5 nitrogen and oxygen atoms in total. The molecule has 2 N–H and O–H groups in total. The minimum atomic E-state index is -1.09. The van der Waals surface area contributed by atoms with Crippen LogP contribution < -0.4 is 5.32 Å². The Labute approximate surface area is 111 Å². The van der Waals surface area contributed by atoms with Crippen molar-refractivity contribution in [2.45, 2.75) is 12.8 Å². The number of carboxylic acid groups (broad SMARTS) is 1. The van der Waals surface area contributed by atoms with Crippen LogP contribution in [0.2, 0.25) is 0 Å². The largest absolute Gasteiger partial charge is 0.478 e. The van der Waals surface area contributed by atoms with Gasteiger partial charge in [-0.15, -0.1) is 0 Å². The minimum absolute atomic E-state index is 0.0246. The van der Waals surface area contributed by atoms with Gasteiger partial charge in [0.25, 0.3) is 5.91 Å². The van der Waals surface area contributed by atoms with Crippen LogP contribution in [0.1, 0.15) is 33.6 Å². The molecule has 1 aromatic carbocycles. The Bertz CT molecular complexity index is 494. The average molecular weight is 263 g/mol. The maximum Gasteiger partial charge on any atom is 0.336 e. The molecule has 0 aromatic heterocycles. The van der Waals surface area contributed by atoms with Crippen LogP contribution in [0.4, 0.5) is 0 Å². The number of methoxy groups -OCH3 is 1. The molecule has 1 saturated carbocycles. The summed E-state index contributed by atoms with van der Waals surface area (Å²) in [6.45, 7) is 1.14. The summed E-state index contributed by atoms with van der Waals surface area (Å²) in [5.41, 5.74) is 0.266. The van der Waals surface area contributed by atoms with Crippen LogP contribution in [0.15, 0.2) is 24.3 Å². The molecule has 2 rings (SSSR count). The number of carboxylic acids is 1. The van der Waals surface area contributed by atoms with Gasteiger partial charge in [0.15, 0.2) is 0 Å². The molecule has 0 spiro atoms. The Morgan fingerprint density at radius 3 is 2.47 bits per heavy atom. The Hall–Kier alpha value is -1.88. The van der Waals surface area contributed by atoms with Crippen molar-refractivity contribution in [1.82, 2.24) is 5.32 Å². The van der Waals surface area contributed by atoms with E-state index in [-0.39, 0.29) is 22.4 Å². The molecule has 0 unspecified atom stereocenters. The number of ether oxygens (including phenoxy) is 1. The zero-order valence-electron chi connectivity index (χ0n) is 10.8. The van der Waals surface area contributed by atoms with E-state index >= 15 is 0 Å². The summed E-state index contributed by atoms with van der Waals surface area (Å²) in [4.78, 5) is 23.1. The Balaban J connectivity index is 2.03. The number of aromatic carboxylic acids is 1. The highest BCUT2D eigenvalue weighted by Crippen LogP contribution is 2.45. The van der Waals surface area contributed by atoms with E-state index in [4.69, 9.17) is 9.84 Å². The summed E-state index contributed by atoms with van der Waals surface area (Å²) in [6.07, 6.45) is 2.06. The van der Waals surface area contributed by atoms with Crippen molar-refractivity contribution in [3.8, 4) is 0 Å². The lowest BCUT2D eigenvalue weighted by Gasteiger charge is -2.15. The molecule has 0 heterocycles. The molecule has 1 aliphatic rings. The summed E-state index contributed by atoms with van der Waals surface area (Å²) in [6, 6.07) is 6.21. The lowest BCUT2D eigenvalue weighted by Crippen LogP contribution is -2.33. The SMILES string of the molecule is COCC1(CNC(=O)c2ccccc2C(=O)O)CC1. The highest BCUT2D eigenvalue weighted by Gasteiger charge is 2.42. The number of hydrogen-bond donors (Lipinski definition) is 2. The van der Waals surface area contributed by atoms with E-state index in [0.717, 1.165) is 12.8 Å². The molecule has 1 amide bonds. The molecule has 1 aromatic rings. The number of nitrogens with one attached hydrogen (secondary N) is 1. The normalized spacial score (nSPS) is 15.8. The molecular weight excluding hydrogens is 246 g/mol. The number of benzene rings is 1. The first kappa shape index (κ1) is 13.5. The maximum absolute atomic E-state index is 12.0. The predicted octanol–water partition coefficient (Wildman–Crippen LogP) is 1.54. The summed E-state index contributed by atoms with van der Waals surface area (Å²) in [5, 5.41) is 11.8. The van der Waals surface area contributed by atoms with Crippen LogP contribution >= 0.6 is 0 Å². The van der Waals surface area contributed by atoms with Crippen molar-refractivity contribution in [2.24, 2.45) is 5.41 Å². The standard InChI is InChI=1S/C14H17NO4/c1-19-9-14(6-7-14)8-15-12(16)10-4-2-3-5-11(10)13(17)18/h2-5H,6-9H2,1H3,(H,15,16)(H,17,18). The maximum atomic E-state index is 12.0. The Morgan fingerprint density at radius 1 is 1.32 bits per heavy atom. The van der Waals surface area contributed by atoms with Gasteiger partial charge in [0, 0.05) is 19.1 Å². The first-order valence-electron chi connectivity index (χ1n) is 6.17. The topological polar surface area (TPSA) is 75.6 Å². The van der Waals surface area contributed by atoms with Gasteiger partial charge in [0.2, 0.25) is 0 Å². The van der Waals surface area contributed by atoms with E-state index in [9.17, 15) is 9.59 Å². The zero-order chi connectivity index (χ0) is 13.9. The Morgan fingerprint density at radius 2 is 1.95 bits per heavy atom. The molecule has 0 bridgehead atoms. The minimum Gasteiger partial charge on any atom is -0.478 e. The van der Waals surface area contributed by atoms with Crippen molar-refractivity contribution >= 4 is 11.9 Å². The number of carbonyl (C=O) groups is 2. The number of amides is 1. The van der Waals surface area contributed by atoms with E-state index in [1.165, 1.54) is 12.1 Å². The van der Waals surface area contributed by atoms with Gasteiger partial charge >= 0.3 is 5.97 Å². The van der Waals surface area contributed by atoms with Gasteiger partial charge in [-0.3, -0.25) is 4.79 Å². The first-order chi connectivity index (χ1) is 9.08. The number of rotatable bonds is 6. The molecule has 102 valence electrons. The van der Waals surface area contributed by atoms with Gasteiger partial charge in [-0.1, -0.05) is 12.1 Å². The van der Waals surface area contributed by atoms with Crippen LogP contribution in [-0.4, -0.2) is 37.2 Å². The van der Waals surface area contributed by atoms with E-state index in [1.54, 1.807) is 19.2 Å². The second-order valence-corrected chi connectivity index (χ2v) is 4.97. The molecule has 0 aliphatic heterocycles. The third-order valence-electron chi connectivity index (χ3n) is 3.43. The molecule has 0 radical (unpaired) electrons. The summed E-state index contributed by atoms with van der Waals surface area (Å²) in [5.74, 6) is -1.44. The molecule has 1 aliphatic carbocycles. The fourth-order valence-electron chi connectivity index (χ4n) is 2.09. The van der Waals surface area contributed by atoms with E-state index in [1.807, 2.05) is 0 Å². The number of hydrogen-bond acceptors (Lipinski definition) is 3. The van der Waals surface area contributed by atoms with Crippen molar-refractivity contribution in [1.29, 1.82) is 0 Å². The highest BCUT2D eigenvalue weighted by atomic mass is 16.5. The number of carbonyl (C=O) groups excluding carboxylic acids is 1. The first-order valence-corrected chi connectivity index (χ1v) is 6.17. The van der Waals surface area contributed by atoms with E-state index in [2.05, 4.69) is 5.32 Å². The van der Waals surface area contributed by atoms with Crippen molar-refractivity contribution < 1.29 is 19.4 Å². The molecular formula is C14H17NO4. The second kappa shape index (κ2) is 5.40. The van der Waals surface area contributed by atoms with Gasteiger partial charge in [0.1, 0.15) is 0 Å². The monoisotopic (exact) mass is 263 g/mol. The van der Waals surface area contributed by atoms with Crippen molar-refractivity contribution in [3.05, 3.63) is 35.4 Å². The van der Waals surface area contributed by atoms with E-state index < -0.39 is 5.97 Å². The van der Waals surface area contributed by atoms with Gasteiger partial charge < -0.3 is 15.2 Å². The van der Waals surface area contributed by atoms with Crippen molar-refractivity contribution in [3.63, 3.8) is 0 Å². The zero-order valence-corrected chi connectivity index (χ0v) is 10.8. The van der Waals surface area contributed by atoms with Crippen LogP contribution in [0.3, 0.4) is 0 Å². The summed E-state index contributed by atoms with van der Waals surface area (Å²) in [7, 11) is 1.64. The molecule has 19 heavy (non-hydrogen) atoms. The quantitative estimate of drug-likeness (QED) is 0.816. The third-order valence-corrected chi connectivity index (χ3v) is 3.43. The summed E-state index contributed by atoms with van der Waals surface area (Å²) >= 11 is 0. The lowest BCUT2D eigenvalue weighted by atomic mass is 10.1. The highest BCUT2D eigenvalue weighted by molar-refractivity contribution is 6.04. The fourth-order valence-corrected chi connectivity index (χ4v) is 2.09. The predicted molar refractivity (Wildman–Crippen MR) is 69.3 cm³/mol. The van der Waals surface area contributed by atoms with Crippen LogP contribution in [0.5, 0.6) is 0 Å². The van der Waals surface area contributed by atoms with Gasteiger partial charge in [0.05, 0.1) is 17.7 Å². The van der Waals surface area contributed by atoms with Crippen LogP contribution in [0, 0.1) is 5.41 Å². The van der Waals surface area contributed by atoms with Crippen LogP contribution in [-0.2, 0) is 4.74 Å². The van der Waals surface area contributed by atoms with Gasteiger partial charge in [-0.05, 0) is 25.0 Å². The van der Waals surface area contributed by atoms with Gasteiger partial charge in [-0.25, -0.2) is 4.79 Å². The Kier molecular flexibility index (Phi) is 3.85.